The van der Waals surface area contributed by atoms with Gasteiger partial charge in [-0.05, 0) is 31.2 Å². The highest BCUT2D eigenvalue weighted by Gasteiger charge is 2.28. The number of aryl methyl sites for hydroxylation is 1. The molecule has 41 heavy (non-hydrogen) atoms. The second-order valence-corrected chi connectivity index (χ2v) is 10.3. The van der Waals surface area contributed by atoms with E-state index < -0.39 is 50.8 Å². The molecule has 0 aliphatic carbocycles. The largest absolute Gasteiger partial charge is 0.491 e. The smallest absolute Gasteiger partial charge is 0.338 e. The van der Waals surface area contributed by atoms with Crippen molar-refractivity contribution < 1.29 is 27.8 Å². The molecule has 8 nitrogen and oxygen atoms in total. The number of halogens is 5. The number of rotatable bonds is 7. The lowest BCUT2D eigenvalue weighted by Crippen LogP contribution is -2.28. The Morgan fingerprint density at radius 1 is 1.24 bits per heavy atom. The van der Waals surface area contributed by atoms with Gasteiger partial charge >= 0.3 is 5.97 Å². The van der Waals surface area contributed by atoms with Crippen molar-refractivity contribution in [2.24, 2.45) is 0 Å². The minimum absolute atomic E-state index is 0.0433. The summed E-state index contributed by atoms with van der Waals surface area (Å²) < 4.78 is 49.8. The number of carbonyl (C=O) groups is 1. The number of nitrogens with zero attached hydrogens (tertiary/aromatic N) is 4. The first-order valence-corrected chi connectivity index (χ1v) is 13.3. The predicted molar refractivity (Wildman–Crippen MR) is 148 cm³/mol. The number of aromatic nitrogens is 3. The first-order valence-electron chi connectivity index (χ1n) is 11.7. The van der Waals surface area contributed by atoms with E-state index in [1.54, 1.807) is 30.3 Å². The molecule has 0 unspecified atom stereocenters. The van der Waals surface area contributed by atoms with Gasteiger partial charge in [0.1, 0.15) is 29.8 Å². The Hall–Kier alpha value is -4.18. The van der Waals surface area contributed by atoms with Gasteiger partial charge in [0.05, 0.1) is 43.9 Å². The summed E-state index contributed by atoms with van der Waals surface area (Å²) in [6.07, 6.45) is -1.83. The molecule has 0 saturated heterocycles. The molecule has 208 valence electrons. The van der Waals surface area contributed by atoms with Crippen LogP contribution in [0.15, 0.2) is 40.6 Å². The molecular weight excluding hydrogens is 604 g/mol. The molecule has 0 atom stereocenters. The van der Waals surface area contributed by atoms with E-state index in [1.165, 1.54) is 29.8 Å². The van der Waals surface area contributed by atoms with E-state index in [2.05, 4.69) is 9.97 Å². The zero-order chi connectivity index (χ0) is 29.6. The number of benzene rings is 2. The first-order chi connectivity index (χ1) is 19.5. The third-order valence-corrected chi connectivity index (χ3v) is 7.94. The molecule has 14 heteroatoms. The summed E-state index contributed by atoms with van der Waals surface area (Å²) in [7, 11) is 0. The van der Waals surface area contributed by atoms with E-state index in [4.69, 9.17) is 27.9 Å². The van der Waals surface area contributed by atoms with Crippen LogP contribution in [-0.4, -0.2) is 32.2 Å². The molecule has 0 radical (unpaired) electrons. The molecule has 1 N–H and O–H groups in total. The molecule has 3 aromatic heterocycles. The van der Waals surface area contributed by atoms with Gasteiger partial charge in [-0.2, -0.15) is 5.26 Å². The summed E-state index contributed by atoms with van der Waals surface area (Å²) in [4.78, 5) is 33.2. The molecule has 0 bridgehead atoms. The quantitative estimate of drug-likeness (QED) is 0.208. The van der Waals surface area contributed by atoms with Gasteiger partial charge in [0, 0.05) is 27.7 Å². The molecule has 5 rings (SSSR count). The molecule has 0 spiro atoms. The highest BCUT2D eigenvalue weighted by atomic mass is 35.5. The number of pyridine rings is 1. The summed E-state index contributed by atoms with van der Waals surface area (Å²) in [5.74, 6) is -2.03. The first kappa shape index (κ1) is 28.4. The van der Waals surface area contributed by atoms with E-state index in [0.717, 1.165) is 4.57 Å². The zero-order valence-electron chi connectivity index (χ0n) is 20.7. The predicted octanol–water partition coefficient (Wildman–Crippen LogP) is 7.01. The lowest BCUT2D eigenvalue weighted by Gasteiger charge is -2.16. The summed E-state index contributed by atoms with van der Waals surface area (Å²) in [6.45, 7) is 1.16. The van der Waals surface area contributed by atoms with Crippen molar-refractivity contribution in [3.05, 3.63) is 84.6 Å². The lowest BCUT2D eigenvalue weighted by molar-refractivity contribution is 0.0699. The van der Waals surface area contributed by atoms with Crippen LogP contribution in [0.25, 0.3) is 32.2 Å². The molecule has 5 aromatic rings. The van der Waals surface area contributed by atoms with Crippen LogP contribution in [0.5, 0.6) is 5.75 Å². The average molecular weight is 619 g/mol. The van der Waals surface area contributed by atoms with Crippen molar-refractivity contribution in [3.8, 4) is 22.9 Å². The summed E-state index contributed by atoms with van der Waals surface area (Å²) in [6, 6.07) is 8.06. The van der Waals surface area contributed by atoms with E-state index in [1.807, 2.05) is 0 Å². The number of hydrogen-bond donors (Lipinski definition) is 1. The van der Waals surface area contributed by atoms with Crippen molar-refractivity contribution in [1.29, 1.82) is 5.26 Å². The van der Waals surface area contributed by atoms with Crippen LogP contribution in [0, 0.1) is 24.1 Å². The number of aromatic carboxylic acids is 1. The summed E-state index contributed by atoms with van der Waals surface area (Å²) in [5.41, 5.74) is -1.78. The second-order valence-electron chi connectivity index (χ2n) is 8.65. The number of carboxylic acids is 1. The van der Waals surface area contributed by atoms with Crippen LogP contribution < -0.4 is 10.3 Å². The Morgan fingerprint density at radius 3 is 2.68 bits per heavy atom. The number of hydrogen-bond acceptors (Lipinski definition) is 7. The van der Waals surface area contributed by atoms with Crippen LogP contribution in [0.2, 0.25) is 10.0 Å². The number of thiophene rings is 1. The fourth-order valence-corrected chi connectivity index (χ4v) is 5.94. The fourth-order valence-electron chi connectivity index (χ4n) is 4.48. The number of carboxylic acid groups (broad SMARTS) is 1. The van der Waals surface area contributed by atoms with Crippen LogP contribution in [0.1, 0.15) is 33.7 Å². The molecule has 0 aliphatic rings. The van der Waals surface area contributed by atoms with Crippen molar-refractivity contribution in [2.75, 3.05) is 6.61 Å². The maximum absolute atomic E-state index is 14.8. The van der Waals surface area contributed by atoms with Gasteiger partial charge < -0.3 is 9.84 Å². The van der Waals surface area contributed by atoms with Gasteiger partial charge in [-0.1, -0.05) is 23.2 Å². The lowest BCUT2D eigenvalue weighted by atomic mass is 10.0. The standard InChI is InChI=1S/C27H15Cl2F3N4O4S/c1-11-35-23-19(15(9-33)18(25(31)32)20(29)21(23)30)26(37)36(11)6-7-40-17-3-2-12(28)8-14(17)13-4-5-34-22-16(27(38)39)10-41-24(13)22/h2-5,8,10,25H,6-7H2,1H3,(H,38,39). The number of nitriles is 1. The van der Waals surface area contributed by atoms with Crippen molar-refractivity contribution in [1.82, 2.24) is 14.5 Å². The van der Waals surface area contributed by atoms with E-state index >= 15 is 0 Å². The Bertz CT molecular complexity index is 1990. The molecular formula is C27H15Cl2F3N4O4S. The topological polar surface area (TPSA) is 118 Å². The Kier molecular flexibility index (Phi) is 7.61. The second kappa shape index (κ2) is 11.0. The molecule has 0 saturated carbocycles. The maximum Gasteiger partial charge on any atom is 0.338 e. The van der Waals surface area contributed by atoms with Crippen molar-refractivity contribution in [2.45, 2.75) is 19.9 Å². The number of alkyl halides is 2. The summed E-state index contributed by atoms with van der Waals surface area (Å²) >= 11 is 13.2. The van der Waals surface area contributed by atoms with Gasteiger partial charge in [0.2, 0.25) is 0 Å². The van der Waals surface area contributed by atoms with Crippen LogP contribution >= 0.6 is 34.5 Å². The van der Waals surface area contributed by atoms with Crippen LogP contribution in [0.4, 0.5) is 13.2 Å². The van der Waals surface area contributed by atoms with Gasteiger partial charge in [-0.3, -0.25) is 14.3 Å². The monoisotopic (exact) mass is 618 g/mol. The Balaban J connectivity index is 1.53. The maximum atomic E-state index is 14.8. The molecule has 3 heterocycles. The molecule has 0 fully saturated rings. The van der Waals surface area contributed by atoms with Gasteiger partial charge in [-0.15, -0.1) is 11.3 Å². The average Bonchev–Trinajstić information content (AvgIpc) is 3.38. The van der Waals surface area contributed by atoms with Crippen molar-refractivity contribution >= 4 is 61.6 Å². The van der Waals surface area contributed by atoms with Gasteiger partial charge in [0.15, 0.2) is 5.82 Å². The number of fused-ring (bicyclic) bond motifs is 2. The highest BCUT2D eigenvalue weighted by Crippen LogP contribution is 2.40. The summed E-state index contributed by atoms with van der Waals surface area (Å²) in [5, 5.41) is 19.3. The minimum atomic E-state index is -3.30. The molecule has 2 aromatic carbocycles. The van der Waals surface area contributed by atoms with Crippen molar-refractivity contribution in [3.63, 3.8) is 0 Å². The Morgan fingerprint density at radius 2 is 2.00 bits per heavy atom. The highest BCUT2D eigenvalue weighted by molar-refractivity contribution is 7.18. The van der Waals surface area contributed by atoms with Crippen LogP contribution in [0.3, 0.4) is 0 Å². The SMILES string of the molecule is Cc1nc2c(F)c(Cl)c(C(F)F)c(C#N)c2c(=O)n1CCOc1ccc(Cl)cc1-c1ccnc2c(C(=O)O)csc12. The fraction of sp³-hybridized carbons (Fsp3) is 0.148. The number of ether oxygens (including phenoxy) is 1. The van der Waals surface area contributed by atoms with E-state index in [9.17, 15) is 33.1 Å². The zero-order valence-corrected chi connectivity index (χ0v) is 23.0. The third kappa shape index (κ3) is 4.86. The van der Waals surface area contributed by atoms with Crippen LogP contribution in [-0.2, 0) is 6.54 Å². The third-order valence-electron chi connectivity index (χ3n) is 6.34. The minimum Gasteiger partial charge on any atom is -0.491 e. The normalized spacial score (nSPS) is 11.4. The molecule has 0 aliphatic heterocycles. The van der Waals surface area contributed by atoms with Gasteiger partial charge in [-0.25, -0.2) is 22.9 Å². The van der Waals surface area contributed by atoms with E-state index in [0.29, 0.717) is 32.1 Å². The van der Waals surface area contributed by atoms with E-state index in [-0.39, 0.29) is 24.5 Å². The molecule has 0 amide bonds. The Labute approximate surface area is 242 Å². The van der Waals surface area contributed by atoms with Gasteiger partial charge in [0.25, 0.3) is 12.0 Å².